The number of hydrogen-bond acceptors (Lipinski definition) is 6. The highest BCUT2D eigenvalue weighted by molar-refractivity contribution is 5.94. The van der Waals surface area contributed by atoms with Crippen molar-refractivity contribution in [3.8, 4) is 11.1 Å². The maximum absolute atomic E-state index is 13.1. The van der Waals surface area contributed by atoms with Crippen LogP contribution in [0.15, 0.2) is 85.5 Å². The topological polar surface area (TPSA) is 113 Å². The molecule has 5 aromatic rings. The summed E-state index contributed by atoms with van der Waals surface area (Å²) in [6, 6.07) is 19.6. The van der Waals surface area contributed by atoms with Crippen LogP contribution in [0.1, 0.15) is 39.5 Å². The fourth-order valence-corrected chi connectivity index (χ4v) is 6.06. The molecule has 1 atom stereocenters. The average molecular weight is 588 g/mol. The maximum Gasteiger partial charge on any atom is 0.319 e. The predicted octanol–water partition coefficient (Wildman–Crippen LogP) is 5.73. The zero-order chi connectivity index (χ0) is 30.0. The van der Waals surface area contributed by atoms with Crippen molar-refractivity contribution in [2.24, 2.45) is 0 Å². The van der Waals surface area contributed by atoms with Crippen molar-refractivity contribution in [3.05, 3.63) is 108 Å². The van der Waals surface area contributed by atoms with Gasteiger partial charge in [-0.15, -0.1) is 0 Å². The number of hydrogen-bond donors (Lipinski definition) is 3. The molecule has 0 radical (unpaired) electrons. The molecule has 0 saturated carbocycles. The minimum absolute atomic E-state index is 0.00660. The zero-order valence-corrected chi connectivity index (χ0v) is 24.4. The van der Waals surface area contributed by atoms with E-state index in [4.69, 9.17) is 4.74 Å². The molecule has 3 N–H and O–H groups in total. The van der Waals surface area contributed by atoms with Gasteiger partial charge in [0.1, 0.15) is 5.82 Å². The number of aromatic nitrogens is 3. The first-order chi connectivity index (χ1) is 21.5. The van der Waals surface area contributed by atoms with Crippen LogP contribution in [0.4, 0.5) is 22.0 Å². The fraction of sp³-hybridized carbons (Fsp3) is 0.235. The monoisotopic (exact) mass is 587 g/mol. The van der Waals surface area contributed by atoms with Crippen molar-refractivity contribution >= 4 is 34.8 Å². The number of urea groups is 1. The van der Waals surface area contributed by atoms with E-state index in [9.17, 15) is 9.59 Å². The van der Waals surface area contributed by atoms with Gasteiger partial charge in [0.05, 0.1) is 30.5 Å². The third-order valence-electron chi connectivity index (χ3n) is 8.39. The second kappa shape index (κ2) is 11.8. The number of fused-ring (bicyclic) bond motifs is 2. The largest absolute Gasteiger partial charge is 0.378 e. The number of nitrogens with one attached hydrogen (secondary N) is 3. The van der Waals surface area contributed by atoms with Crippen LogP contribution in [-0.2, 0) is 11.2 Å². The maximum atomic E-state index is 13.1. The van der Waals surface area contributed by atoms with Crippen molar-refractivity contribution < 1.29 is 14.3 Å². The first kappa shape index (κ1) is 27.6. The van der Waals surface area contributed by atoms with Gasteiger partial charge in [0.25, 0.3) is 5.91 Å². The molecular weight excluding hydrogens is 554 g/mol. The minimum Gasteiger partial charge on any atom is -0.378 e. The number of pyridine rings is 2. The van der Waals surface area contributed by atoms with Gasteiger partial charge in [0, 0.05) is 49.1 Å². The standard InChI is InChI=1S/C34H33N7O3/c1-22-26(7-4-8-28(22)38-34(43)39-29-11-9-23-5-2-3-6-27(23)29)25-19-30(32-35-13-14-41(32)21-25)37-31-12-10-24(20-36-31)33(42)40-15-17-44-18-16-40/h2-8,10,12-14,19-21,29H,9,11,15-18H2,1H3,(H,36,37)(H2,38,39,43). The Kier molecular flexibility index (Phi) is 7.41. The van der Waals surface area contributed by atoms with Gasteiger partial charge < -0.3 is 30.0 Å². The molecule has 10 nitrogen and oxygen atoms in total. The second-order valence-electron chi connectivity index (χ2n) is 11.1. The van der Waals surface area contributed by atoms with Crippen molar-refractivity contribution in [2.75, 3.05) is 36.9 Å². The number of rotatable bonds is 6. The van der Waals surface area contributed by atoms with Crippen molar-refractivity contribution in [1.82, 2.24) is 24.6 Å². The van der Waals surface area contributed by atoms with E-state index in [1.807, 2.05) is 60.1 Å². The molecule has 44 heavy (non-hydrogen) atoms. The van der Waals surface area contributed by atoms with Gasteiger partial charge in [-0.2, -0.15) is 0 Å². The van der Waals surface area contributed by atoms with Crippen LogP contribution in [0.3, 0.4) is 0 Å². The van der Waals surface area contributed by atoms with E-state index >= 15 is 0 Å². The van der Waals surface area contributed by atoms with Gasteiger partial charge in [-0.25, -0.2) is 14.8 Å². The quantitative estimate of drug-likeness (QED) is 0.234. The fourth-order valence-electron chi connectivity index (χ4n) is 6.06. The highest BCUT2D eigenvalue weighted by Gasteiger charge is 2.24. The third-order valence-corrected chi connectivity index (χ3v) is 8.39. The third kappa shape index (κ3) is 5.47. The van der Waals surface area contributed by atoms with Crippen molar-refractivity contribution in [3.63, 3.8) is 0 Å². The van der Waals surface area contributed by atoms with E-state index < -0.39 is 0 Å². The average Bonchev–Trinajstić information content (AvgIpc) is 3.70. The predicted molar refractivity (Wildman–Crippen MR) is 169 cm³/mol. The van der Waals surface area contributed by atoms with Crippen molar-refractivity contribution in [1.29, 1.82) is 0 Å². The Morgan fingerprint density at radius 1 is 0.977 bits per heavy atom. The highest BCUT2D eigenvalue weighted by Crippen LogP contribution is 2.34. The molecule has 1 aliphatic carbocycles. The number of imidazole rings is 1. The first-order valence-electron chi connectivity index (χ1n) is 14.9. The number of morpholine rings is 1. The summed E-state index contributed by atoms with van der Waals surface area (Å²) in [6.45, 7) is 4.28. The minimum atomic E-state index is -0.221. The zero-order valence-electron chi connectivity index (χ0n) is 24.4. The van der Waals surface area contributed by atoms with Crippen LogP contribution in [0, 0.1) is 6.92 Å². The van der Waals surface area contributed by atoms with Gasteiger partial charge in [0.15, 0.2) is 5.65 Å². The lowest BCUT2D eigenvalue weighted by atomic mass is 10.00. The molecule has 0 bridgehead atoms. The first-order valence-corrected chi connectivity index (χ1v) is 14.9. The number of aryl methyl sites for hydroxylation is 1. The number of amides is 3. The van der Waals surface area contributed by atoms with E-state index in [1.165, 1.54) is 11.1 Å². The van der Waals surface area contributed by atoms with Crippen molar-refractivity contribution in [2.45, 2.75) is 25.8 Å². The molecule has 1 fully saturated rings. The normalized spacial score (nSPS) is 16.0. The Balaban J connectivity index is 1.10. The molecule has 2 aromatic carbocycles. The van der Waals surface area contributed by atoms with Gasteiger partial charge in [0.2, 0.25) is 0 Å². The lowest BCUT2D eigenvalue weighted by molar-refractivity contribution is 0.0302. The smallest absolute Gasteiger partial charge is 0.319 e. The van der Waals surface area contributed by atoms with Gasteiger partial charge in [-0.3, -0.25) is 4.79 Å². The molecule has 2 aliphatic rings. The molecule has 3 amide bonds. The summed E-state index contributed by atoms with van der Waals surface area (Å²) in [6.07, 6.45) is 9.13. The molecule has 1 aliphatic heterocycles. The highest BCUT2D eigenvalue weighted by atomic mass is 16.5. The van der Waals surface area contributed by atoms with Gasteiger partial charge in [-0.1, -0.05) is 36.4 Å². The SMILES string of the molecule is Cc1c(NC(=O)NC2CCc3ccccc32)cccc1-c1cc(Nc2ccc(C(=O)N3CCOCC3)cn2)c2nccn2c1. The summed E-state index contributed by atoms with van der Waals surface area (Å²) in [5.41, 5.74) is 8.15. The summed E-state index contributed by atoms with van der Waals surface area (Å²) in [7, 11) is 0. The lowest BCUT2D eigenvalue weighted by Gasteiger charge is -2.26. The molecule has 3 aromatic heterocycles. The summed E-state index contributed by atoms with van der Waals surface area (Å²) in [5, 5.41) is 9.60. The summed E-state index contributed by atoms with van der Waals surface area (Å²) >= 11 is 0. The molecule has 4 heterocycles. The molecule has 1 unspecified atom stereocenters. The number of benzene rings is 2. The van der Waals surface area contributed by atoms with E-state index in [-0.39, 0.29) is 18.0 Å². The number of carbonyl (C=O) groups is 2. The number of ether oxygens (including phenoxy) is 1. The lowest BCUT2D eigenvalue weighted by Crippen LogP contribution is -2.40. The van der Waals surface area contributed by atoms with Crippen LogP contribution >= 0.6 is 0 Å². The molecule has 10 heteroatoms. The number of nitrogens with zero attached hydrogens (tertiary/aromatic N) is 4. The molecule has 1 saturated heterocycles. The van der Waals surface area contributed by atoms with E-state index in [2.05, 4.69) is 38.1 Å². The van der Waals surface area contributed by atoms with Crippen LogP contribution in [0.2, 0.25) is 0 Å². The van der Waals surface area contributed by atoms with E-state index in [0.29, 0.717) is 37.7 Å². The van der Waals surface area contributed by atoms with Gasteiger partial charge in [-0.05, 0) is 66.3 Å². The van der Waals surface area contributed by atoms with E-state index in [1.54, 1.807) is 29.4 Å². The Bertz CT molecular complexity index is 1840. The molecule has 7 rings (SSSR count). The van der Waals surface area contributed by atoms with E-state index in [0.717, 1.165) is 46.6 Å². The Morgan fingerprint density at radius 2 is 1.84 bits per heavy atom. The summed E-state index contributed by atoms with van der Waals surface area (Å²) in [5.74, 6) is 0.554. The second-order valence-corrected chi connectivity index (χ2v) is 11.1. The van der Waals surface area contributed by atoms with Gasteiger partial charge >= 0.3 is 6.03 Å². The molecule has 222 valence electrons. The van der Waals surface area contributed by atoms with Crippen LogP contribution in [0.5, 0.6) is 0 Å². The summed E-state index contributed by atoms with van der Waals surface area (Å²) < 4.78 is 7.31. The Morgan fingerprint density at radius 3 is 2.68 bits per heavy atom. The Labute approximate surface area is 255 Å². The molecule has 0 spiro atoms. The number of anilines is 3. The van der Waals surface area contributed by atoms with Crippen LogP contribution in [-0.4, -0.2) is 57.5 Å². The summed E-state index contributed by atoms with van der Waals surface area (Å²) in [4.78, 5) is 36.7. The number of carbonyl (C=O) groups excluding carboxylic acids is 2. The van der Waals surface area contributed by atoms with Crippen LogP contribution < -0.4 is 16.0 Å². The van der Waals surface area contributed by atoms with Crippen LogP contribution in [0.25, 0.3) is 16.8 Å². The molecular formula is C34H33N7O3. The Hall–Kier alpha value is -5.22.